The van der Waals surface area contributed by atoms with Crippen LogP contribution < -0.4 is 5.73 Å². The average Bonchev–Trinajstić information content (AvgIpc) is 2.38. The topological polar surface area (TPSA) is 26.0 Å². The van der Waals surface area contributed by atoms with E-state index < -0.39 is 51.7 Å². The molecule has 2 aromatic carbocycles. The SMILES string of the molecule is Nc1cc(-c2c(F)c(F)c(F)c(F)c2F)ccc1F. The monoisotopic (exact) mass is 277 g/mol. The Morgan fingerprint density at radius 3 is 1.63 bits per heavy atom. The number of halogens is 6. The summed E-state index contributed by atoms with van der Waals surface area (Å²) in [6.07, 6.45) is 0. The number of nitrogen functional groups attached to an aromatic ring is 1. The van der Waals surface area contributed by atoms with E-state index in [-0.39, 0.29) is 0 Å². The fourth-order valence-corrected chi connectivity index (χ4v) is 1.56. The number of nitrogens with two attached hydrogens (primary N) is 1. The fourth-order valence-electron chi connectivity index (χ4n) is 1.56. The molecule has 0 amide bonds. The van der Waals surface area contributed by atoms with Crippen molar-refractivity contribution >= 4 is 5.69 Å². The van der Waals surface area contributed by atoms with Crippen LogP contribution in [-0.4, -0.2) is 0 Å². The van der Waals surface area contributed by atoms with E-state index in [9.17, 15) is 26.3 Å². The Hall–Kier alpha value is -2.18. The van der Waals surface area contributed by atoms with Crippen LogP contribution in [0.3, 0.4) is 0 Å². The van der Waals surface area contributed by atoms with Crippen molar-refractivity contribution in [3.8, 4) is 11.1 Å². The summed E-state index contributed by atoms with van der Waals surface area (Å²) in [7, 11) is 0. The average molecular weight is 277 g/mol. The predicted molar refractivity (Wildman–Crippen MR) is 56.0 cm³/mol. The Balaban J connectivity index is 2.79. The minimum atomic E-state index is -2.26. The van der Waals surface area contributed by atoms with Gasteiger partial charge in [-0.15, -0.1) is 0 Å². The predicted octanol–water partition coefficient (Wildman–Crippen LogP) is 3.77. The summed E-state index contributed by atoms with van der Waals surface area (Å²) in [5.41, 5.74) is 3.15. The molecule has 2 N–H and O–H groups in total. The van der Waals surface area contributed by atoms with Crippen molar-refractivity contribution in [2.45, 2.75) is 0 Å². The lowest BCUT2D eigenvalue weighted by molar-refractivity contribution is 0.381. The Labute approximate surface area is 103 Å². The molecule has 0 fully saturated rings. The van der Waals surface area contributed by atoms with Crippen LogP contribution >= 0.6 is 0 Å². The molecule has 0 aromatic heterocycles. The number of hydrogen-bond donors (Lipinski definition) is 1. The van der Waals surface area contributed by atoms with Gasteiger partial charge in [-0.25, -0.2) is 26.3 Å². The lowest BCUT2D eigenvalue weighted by atomic mass is 10.0. The van der Waals surface area contributed by atoms with E-state index >= 15 is 0 Å². The van der Waals surface area contributed by atoms with Crippen molar-refractivity contribution in [1.29, 1.82) is 0 Å². The van der Waals surface area contributed by atoms with E-state index in [1.54, 1.807) is 0 Å². The lowest BCUT2D eigenvalue weighted by Crippen LogP contribution is -2.04. The van der Waals surface area contributed by atoms with Crippen LogP contribution in [0.4, 0.5) is 32.0 Å². The number of benzene rings is 2. The fraction of sp³-hybridized carbons (Fsp3) is 0. The zero-order valence-electron chi connectivity index (χ0n) is 9.08. The van der Waals surface area contributed by atoms with E-state index in [0.29, 0.717) is 0 Å². The molecule has 0 aliphatic carbocycles. The second-order valence-electron chi connectivity index (χ2n) is 3.68. The molecule has 0 bridgehead atoms. The van der Waals surface area contributed by atoms with Gasteiger partial charge in [-0.1, -0.05) is 6.07 Å². The highest BCUT2D eigenvalue weighted by atomic mass is 19.2. The minimum Gasteiger partial charge on any atom is -0.396 e. The van der Waals surface area contributed by atoms with Gasteiger partial charge in [0.05, 0.1) is 11.3 Å². The second kappa shape index (κ2) is 4.49. The lowest BCUT2D eigenvalue weighted by Gasteiger charge is -2.09. The van der Waals surface area contributed by atoms with Crippen LogP contribution in [0.1, 0.15) is 0 Å². The van der Waals surface area contributed by atoms with Gasteiger partial charge in [-0.3, -0.25) is 0 Å². The summed E-state index contributed by atoms with van der Waals surface area (Å²) in [6.45, 7) is 0. The van der Waals surface area contributed by atoms with Gasteiger partial charge in [0.25, 0.3) is 0 Å². The van der Waals surface area contributed by atoms with E-state index in [1.807, 2.05) is 0 Å². The van der Waals surface area contributed by atoms with Gasteiger partial charge in [0, 0.05) is 0 Å². The van der Waals surface area contributed by atoms with Gasteiger partial charge >= 0.3 is 0 Å². The first kappa shape index (κ1) is 13.3. The zero-order valence-corrected chi connectivity index (χ0v) is 9.08. The Bertz CT molecular complexity index is 639. The third-order valence-electron chi connectivity index (χ3n) is 2.49. The first-order valence-electron chi connectivity index (χ1n) is 4.91. The molecule has 2 rings (SSSR count). The molecule has 0 heterocycles. The molecular formula is C12H5F6N. The molecule has 1 nitrogen and oxygen atoms in total. The normalized spacial score (nSPS) is 10.8. The number of hydrogen-bond acceptors (Lipinski definition) is 1. The van der Waals surface area contributed by atoms with Crippen molar-refractivity contribution in [2.24, 2.45) is 0 Å². The maximum atomic E-state index is 13.5. The quantitative estimate of drug-likeness (QED) is 0.365. The summed E-state index contributed by atoms with van der Waals surface area (Å²) >= 11 is 0. The maximum Gasteiger partial charge on any atom is 0.200 e. The molecular weight excluding hydrogens is 272 g/mol. The van der Waals surface area contributed by atoms with E-state index in [1.165, 1.54) is 0 Å². The Kier molecular flexibility index (Phi) is 3.13. The minimum absolute atomic E-state index is 0.410. The zero-order chi connectivity index (χ0) is 14.3. The standard InChI is InChI=1S/C12H5F6N/c13-5-2-1-4(3-6(5)19)7-8(14)10(16)12(18)11(17)9(7)15/h1-3H,19H2. The Morgan fingerprint density at radius 1 is 0.684 bits per heavy atom. The van der Waals surface area contributed by atoms with Gasteiger partial charge in [0.2, 0.25) is 5.82 Å². The summed E-state index contributed by atoms with van der Waals surface area (Å²) in [6, 6.07) is 2.42. The van der Waals surface area contributed by atoms with Crippen LogP contribution in [0.25, 0.3) is 11.1 Å². The molecule has 7 heteroatoms. The smallest absolute Gasteiger partial charge is 0.200 e. The van der Waals surface area contributed by atoms with Gasteiger partial charge in [0.15, 0.2) is 23.3 Å². The van der Waals surface area contributed by atoms with Gasteiger partial charge in [-0.05, 0) is 17.7 Å². The molecule has 19 heavy (non-hydrogen) atoms. The second-order valence-corrected chi connectivity index (χ2v) is 3.68. The third-order valence-corrected chi connectivity index (χ3v) is 2.49. The van der Waals surface area contributed by atoms with E-state index in [4.69, 9.17) is 5.73 Å². The van der Waals surface area contributed by atoms with Crippen LogP contribution in [0.5, 0.6) is 0 Å². The highest BCUT2D eigenvalue weighted by molar-refractivity contribution is 5.69. The molecule has 100 valence electrons. The molecule has 0 spiro atoms. The highest BCUT2D eigenvalue weighted by Gasteiger charge is 2.26. The van der Waals surface area contributed by atoms with Crippen molar-refractivity contribution in [3.63, 3.8) is 0 Å². The van der Waals surface area contributed by atoms with Gasteiger partial charge < -0.3 is 5.73 Å². The molecule has 0 radical (unpaired) electrons. The largest absolute Gasteiger partial charge is 0.396 e. The third kappa shape index (κ3) is 2.00. The summed E-state index contributed by atoms with van der Waals surface area (Å²) in [5, 5.41) is 0. The van der Waals surface area contributed by atoms with Crippen LogP contribution in [0.15, 0.2) is 18.2 Å². The van der Waals surface area contributed by atoms with Gasteiger partial charge in [-0.2, -0.15) is 0 Å². The van der Waals surface area contributed by atoms with E-state index in [2.05, 4.69) is 0 Å². The molecule has 2 aromatic rings. The highest BCUT2D eigenvalue weighted by Crippen LogP contribution is 2.32. The molecule has 0 atom stereocenters. The molecule has 0 unspecified atom stereocenters. The first-order chi connectivity index (χ1) is 8.84. The molecule has 0 aliphatic rings. The van der Waals surface area contributed by atoms with Crippen LogP contribution in [0, 0.1) is 34.9 Å². The van der Waals surface area contributed by atoms with E-state index in [0.717, 1.165) is 18.2 Å². The van der Waals surface area contributed by atoms with Crippen molar-refractivity contribution in [2.75, 3.05) is 5.73 Å². The number of anilines is 1. The first-order valence-corrected chi connectivity index (χ1v) is 4.91. The molecule has 0 aliphatic heterocycles. The number of rotatable bonds is 1. The van der Waals surface area contributed by atoms with Gasteiger partial charge in [0.1, 0.15) is 5.82 Å². The molecule has 0 saturated heterocycles. The van der Waals surface area contributed by atoms with Crippen LogP contribution in [0.2, 0.25) is 0 Å². The van der Waals surface area contributed by atoms with Crippen molar-refractivity contribution in [1.82, 2.24) is 0 Å². The summed E-state index contributed by atoms with van der Waals surface area (Å²) < 4.78 is 78.7. The Morgan fingerprint density at radius 2 is 1.16 bits per heavy atom. The summed E-state index contributed by atoms with van der Waals surface area (Å²) in [4.78, 5) is 0. The summed E-state index contributed by atoms with van der Waals surface area (Å²) in [5.74, 6) is -11.3. The van der Waals surface area contributed by atoms with Crippen LogP contribution in [-0.2, 0) is 0 Å². The van der Waals surface area contributed by atoms with Crippen molar-refractivity contribution < 1.29 is 26.3 Å². The maximum absolute atomic E-state index is 13.5. The molecule has 0 saturated carbocycles. The van der Waals surface area contributed by atoms with Crippen molar-refractivity contribution in [3.05, 3.63) is 53.1 Å².